The van der Waals surface area contributed by atoms with Crippen LogP contribution >= 0.6 is 0 Å². The molecule has 0 spiro atoms. The molecule has 0 aromatic heterocycles. The van der Waals surface area contributed by atoms with E-state index >= 15 is 0 Å². The molecule has 3 N–H and O–H groups in total. The number of aliphatic hydroxyl groups is 1. The molecule has 0 unspecified atom stereocenters. The number of fused-ring (bicyclic) bond motifs is 1. The largest absolute Gasteiger partial charge is 0.479 e. The maximum Gasteiger partial charge on any atom is 0.341 e. The summed E-state index contributed by atoms with van der Waals surface area (Å²) in [6.45, 7) is 5.23. The van der Waals surface area contributed by atoms with Gasteiger partial charge in [-0.1, -0.05) is 27.2 Å². The van der Waals surface area contributed by atoms with Crippen LogP contribution in [-0.4, -0.2) is 38.6 Å². The minimum Gasteiger partial charge on any atom is -0.479 e. The Morgan fingerprint density at radius 1 is 1.19 bits per heavy atom. The lowest BCUT2D eigenvalue weighted by atomic mass is 9.46. The number of rotatable bonds is 2. The maximum atomic E-state index is 12.4. The number of carbonyl (C=O) groups excluding carboxylic acids is 1. The van der Waals surface area contributed by atoms with Gasteiger partial charge in [-0.25, -0.2) is 9.59 Å². The molecule has 0 aliphatic heterocycles. The molecule has 0 heterocycles. The van der Waals surface area contributed by atoms with Gasteiger partial charge >= 0.3 is 11.9 Å². The molecule has 21 heavy (non-hydrogen) atoms. The summed E-state index contributed by atoms with van der Waals surface area (Å²) in [5.41, 5.74) is -5.13. The summed E-state index contributed by atoms with van der Waals surface area (Å²) in [4.78, 5) is 35.5. The van der Waals surface area contributed by atoms with Crippen LogP contribution in [0.15, 0.2) is 11.6 Å². The smallest absolute Gasteiger partial charge is 0.341 e. The Kier molecular flexibility index (Phi) is 3.29. The summed E-state index contributed by atoms with van der Waals surface area (Å²) in [6, 6.07) is 0. The molecular formula is C15H20O6. The van der Waals surface area contributed by atoms with Crippen LogP contribution < -0.4 is 0 Å². The Morgan fingerprint density at radius 2 is 1.76 bits per heavy atom. The van der Waals surface area contributed by atoms with Crippen molar-refractivity contribution in [3.63, 3.8) is 0 Å². The van der Waals surface area contributed by atoms with E-state index < -0.39 is 45.6 Å². The van der Waals surface area contributed by atoms with Crippen molar-refractivity contribution in [2.75, 3.05) is 0 Å². The molecule has 2 aliphatic rings. The predicted octanol–water partition coefficient (Wildman–Crippen LogP) is 1.23. The summed E-state index contributed by atoms with van der Waals surface area (Å²) in [5, 5.41) is 29.5. The highest BCUT2D eigenvalue weighted by Gasteiger charge is 2.67. The molecule has 0 aromatic carbocycles. The van der Waals surface area contributed by atoms with Gasteiger partial charge < -0.3 is 15.3 Å². The molecule has 1 fully saturated rings. The zero-order valence-corrected chi connectivity index (χ0v) is 12.3. The van der Waals surface area contributed by atoms with Gasteiger partial charge in [-0.3, -0.25) is 4.79 Å². The van der Waals surface area contributed by atoms with Crippen molar-refractivity contribution in [3.05, 3.63) is 11.6 Å². The number of carboxylic acids is 2. The van der Waals surface area contributed by atoms with E-state index in [0.29, 0.717) is 12.8 Å². The number of hydrogen-bond donors (Lipinski definition) is 3. The van der Waals surface area contributed by atoms with Gasteiger partial charge in [-0.2, -0.15) is 0 Å². The van der Waals surface area contributed by atoms with Crippen LogP contribution in [0.1, 0.15) is 40.0 Å². The average Bonchev–Trinajstić information content (AvgIpc) is 2.31. The van der Waals surface area contributed by atoms with Crippen molar-refractivity contribution in [3.8, 4) is 0 Å². The summed E-state index contributed by atoms with van der Waals surface area (Å²) in [5.74, 6) is -4.32. The highest BCUT2D eigenvalue weighted by Crippen LogP contribution is 2.60. The van der Waals surface area contributed by atoms with Crippen molar-refractivity contribution < 1.29 is 29.7 Å². The van der Waals surface area contributed by atoms with Crippen LogP contribution in [0.4, 0.5) is 0 Å². The Balaban J connectivity index is 2.77. The molecule has 6 nitrogen and oxygen atoms in total. The van der Waals surface area contributed by atoms with E-state index in [1.807, 2.05) is 13.8 Å². The lowest BCUT2D eigenvalue weighted by Crippen LogP contribution is -2.66. The maximum absolute atomic E-state index is 12.4. The number of aliphatic carboxylic acids is 2. The average molecular weight is 296 g/mol. The van der Waals surface area contributed by atoms with Gasteiger partial charge in [0.05, 0.1) is 5.57 Å². The molecule has 0 bridgehead atoms. The quantitative estimate of drug-likeness (QED) is 0.706. The Morgan fingerprint density at radius 3 is 2.24 bits per heavy atom. The highest BCUT2D eigenvalue weighted by molar-refractivity contribution is 6.09. The normalized spacial score (nSPS) is 38.4. The molecule has 0 amide bonds. The summed E-state index contributed by atoms with van der Waals surface area (Å²) >= 11 is 0. The standard InChI is InChI=1S/C15H20O6/c1-13(2)5-4-6-14(3)10(13)9(16)7-8(11(17)18)15(14,21)12(19)20/h7,10,21H,4-6H2,1-3H3,(H,17,18)(H,19,20)/t10-,14-,15-/m0/s1. The van der Waals surface area contributed by atoms with E-state index in [2.05, 4.69) is 0 Å². The van der Waals surface area contributed by atoms with E-state index in [-0.39, 0.29) is 0 Å². The van der Waals surface area contributed by atoms with Gasteiger partial charge in [0.1, 0.15) is 0 Å². The third-order valence-corrected chi connectivity index (χ3v) is 5.26. The van der Waals surface area contributed by atoms with Crippen molar-refractivity contribution >= 4 is 17.7 Å². The first-order valence-corrected chi connectivity index (χ1v) is 6.93. The molecule has 1 saturated carbocycles. The van der Waals surface area contributed by atoms with E-state index in [4.69, 9.17) is 0 Å². The molecule has 2 rings (SSSR count). The fourth-order valence-electron chi connectivity index (χ4n) is 4.36. The second kappa shape index (κ2) is 4.40. The number of allylic oxidation sites excluding steroid dienone is 1. The third-order valence-electron chi connectivity index (χ3n) is 5.26. The fourth-order valence-corrected chi connectivity index (χ4v) is 4.36. The predicted molar refractivity (Wildman–Crippen MR) is 72.5 cm³/mol. The van der Waals surface area contributed by atoms with E-state index in [0.717, 1.165) is 12.5 Å². The second-order valence-corrected chi connectivity index (χ2v) is 6.97. The summed E-state index contributed by atoms with van der Waals surface area (Å²) < 4.78 is 0. The van der Waals surface area contributed by atoms with E-state index in [9.17, 15) is 29.7 Å². The van der Waals surface area contributed by atoms with Crippen LogP contribution in [0.25, 0.3) is 0 Å². The monoisotopic (exact) mass is 296 g/mol. The van der Waals surface area contributed by atoms with Crippen molar-refractivity contribution in [1.29, 1.82) is 0 Å². The van der Waals surface area contributed by atoms with Crippen LogP contribution in [0.2, 0.25) is 0 Å². The summed E-state index contributed by atoms with van der Waals surface area (Å²) in [6.07, 6.45) is 2.46. The summed E-state index contributed by atoms with van der Waals surface area (Å²) in [7, 11) is 0. The minimum absolute atomic E-state index is 0.292. The lowest BCUT2D eigenvalue weighted by Gasteiger charge is -2.56. The van der Waals surface area contributed by atoms with Crippen molar-refractivity contribution in [2.24, 2.45) is 16.7 Å². The molecule has 0 saturated heterocycles. The first kappa shape index (κ1) is 15.7. The molecular weight excluding hydrogens is 276 g/mol. The Hall–Kier alpha value is -1.69. The van der Waals surface area contributed by atoms with Crippen LogP contribution in [0.3, 0.4) is 0 Å². The molecule has 3 atom stereocenters. The number of carboxylic acid groups (broad SMARTS) is 2. The Bertz CT molecular complexity index is 561. The van der Waals surface area contributed by atoms with E-state index in [1.54, 1.807) is 0 Å². The van der Waals surface area contributed by atoms with Crippen molar-refractivity contribution in [2.45, 2.75) is 45.6 Å². The topological polar surface area (TPSA) is 112 Å². The first-order valence-electron chi connectivity index (χ1n) is 6.93. The number of ketones is 1. The third kappa shape index (κ3) is 1.85. The molecule has 0 radical (unpaired) electrons. The molecule has 0 aromatic rings. The van der Waals surface area contributed by atoms with Gasteiger partial charge in [0.15, 0.2) is 11.4 Å². The zero-order valence-electron chi connectivity index (χ0n) is 12.3. The van der Waals surface area contributed by atoms with Crippen LogP contribution in [0.5, 0.6) is 0 Å². The fraction of sp³-hybridized carbons (Fsp3) is 0.667. The number of carbonyl (C=O) groups is 3. The molecule has 116 valence electrons. The van der Waals surface area contributed by atoms with Crippen LogP contribution in [-0.2, 0) is 14.4 Å². The Labute approximate surface area is 122 Å². The van der Waals surface area contributed by atoms with Crippen molar-refractivity contribution in [1.82, 2.24) is 0 Å². The minimum atomic E-state index is -2.56. The van der Waals surface area contributed by atoms with Gasteiger partial charge in [-0.05, 0) is 24.3 Å². The van der Waals surface area contributed by atoms with Gasteiger partial charge in [0, 0.05) is 11.3 Å². The molecule has 2 aliphatic carbocycles. The van der Waals surface area contributed by atoms with Crippen LogP contribution in [0, 0.1) is 16.7 Å². The zero-order chi connectivity index (χ0) is 16.2. The first-order chi connectivity index (χ1) is 9.48. The van der Waals surface area contributed by atoms with E-state index in [1.165, 1.54) is 6.92 Å². The molecule has 6 heteroatoms. The SMILES string of the molecule is CC1(C)CCC[C@@]2(C)[C@H]1C(=O)C=C(C(=O)O)[C@]2(O)C(=O)O. The van der Waals surface area contributed by atoms with Gasteiger partial charge in [0.2, 0.25) is 0 Å². The highest BCUT2D eigenvalue weighted by atomic mass is 16.4. The number of hydrogen-bond acceptors (Lipinski definition) is 4. The second-order valence-electron chi connectivity index (χ2n) is 6.97. The van der Waals surface area contributed by atoms with Gasteiger partial charge in [-0.15, -0.1) is 0 Å². The lowest BCUT2D eigenvalue weighted by molar-refractivity contribution is -0.191. The van der Waals surface area contributed by atoms with Gasteiger partial charge in [0.25, 0.3) is 0 Å².